The maximum Gasteiger partial charge on any atom is 0.416 e. The van der Waals surface area contributed by atoms with Crippen molar-refractivity contribution in [3.8, 4) is 12.3 Å². The maximum absolute atomic E-state index is 12.6. The quantitative estimate of drug-likeness (QED) is 0.229. The summed E-state index contributed by atoms with van der Waals surface area (Å²) in [6, 6.07) is 11.7. The number of alkyl halides is 3. The van der Waals surface area contributed by atoms with E-state index < -0.39 is 11.7 Å². The molecule has 0 aromatic heterocycles. The number of amides is 1. The van der Waals surface area contributed by atoms with E-state index in [2.05, 4.69) is 26.9 Å². The Morgan fingerprint density at radius 2 is 1.83 bits per heavy atom. The molecule has 160 valence electrons. The van der Waals surface area contributed by atoms with Gasteiger partial charge in [-0.25, -0.2) is 4.99 Å². The number of halogens is 4. The smallest absolute Gasteiger partial charge is 0.357 e. The first-order valence-corrected chi connectivity index (χ1v) is 8.86. The standard InChI is InChI=1S/C21H21F3N4O.HI/c1-3-15-6-5-7-18(12-15)28-19(29)14-27-20(25-4-2)26-13-16-8-10-17(11-9-16)21(22,23)24;/h1,5-12H,4,13-14H2,2H3,(H,28,29)(H2,25,26,27);1H. The number of anilines is 1. The predicted octanol–water partition coefficient (Wildman–Crippen LogP) is 4.00. The molecule has 1 amide bonds. The molecule has 0 saturated carbocycles. The van der Waals surface area contributed by atoms with Gasteiger partial charge in [-0.05, 0) is 42.8 Å². The zero-order chi connectivity index (χ0) is 21.3. The number of nitrogens with zero attached hydrogens (tertiary/aromatic N) is 1. The molecule has 0 spiro atoms. The van der Waals surface area contributed by atoms with E-state index in [1.54, 1.807) is 24.3 Å². The van der Waals surface area contributed by atoms with Gasteiger partial charge in [-0.1, -0.05) is 24.1 Å². The molecule has 2 rings (SSSR count). The van der Waals surface area contributed by atoms with Crippen molar-refractivity contribution in [1.82, 2.24) is 10.6 Å². The van der Waals surface area contributed by atoms with E-state index >= 15 is 0 Å². The van der Waals surface area contributed by atoms with Crippen LogP contribution in [0.5, 0.6) is 0 Å². The zero-order valence-electron chi connectivity index (χ0n) is 16.2. The van der Waals surface area contributed by atoms with Crippen LogP contribution in [0.1, 0.15) is 23.6 Å². The zero-order valence-corrected chi connectivity index (χ0v) is 18.5. The van der Waals surface area contributed by atoms with Crippen molar-refractivity contribution in [3.05, 3.63) is 65.2 Å². The number of guanidine groups is 1. The third kappa shape index (κ3) is 8.32. The van der Waals surface area contributed by atoms with Gasteiger partial charge in [0.25, 0.3) is 0 Å². The van der Waals surface area contributed by atoms with Crippen molar-refractivity contribution in [2.45, 2.75) is 19.6 Å². The maximum atomic E-state index is 12.6. The molecule has 0 saturated heterocycles. The van der Waals surface area contributed by atoms with E-state index in [9.17, 15) is 18.0 Å². The lowest BCUT2D eigenvalue weighted by Crippen LogP contribution is -2.41. The van der Waals surface area contributed by atoms with Crippen LogP contribution in [0.25, 0.3) is 0 Å². The van der Waals surface area contributed by atoms with Crippen LogP contribution in [-0.4, -0.2) is 25.0 Å². The summed E-state index contributed by atoms with van der Waals surface area (Å²) in [6.07, 6.45) is 0.968. The van der Waals surface area contributed by atoms with E-state index in [4.69, 9.17) is 6.42 Å². The minimum Gasteiger partial charge on any atom is -0.357 e. The first-order valence-electron chi connectivity index (χ1n) is 8.86. The lowest BCUT2D eigenvalue weighted by Gasteiger charge is -2.12. The molecule has 3 N–H and O–H groups in total. The fourth-order valence-corrected chi connectivity index (χ4v) is 2.37. The van der Waals surface area contributed by atoms with Gasteiger partial charge in [-0.15, -0.1) is 30.4 Å². The molecule has 0 aliphatic heterocycles. The molecule has 0 aliphatic rings. The highest BCUT2D eigenvalue weighted by Crippen LogP contribution is 2.29. The Hall–Kier alpha value is -2.74. The second-order valence-electron chi connectivity index (χ2n) is 6.02. The molecule has 0 atom stereocenters. The van der Waals surface area contributed by atoms with Gasteiger partial charge in [0.15, 0.2) is 5.96 Å². The summed E-state index contributed by atoms with van der Waals surface area (Å²) in [7, 11) is 0. The van der Waals surface area contributed by atoms with Gasteiger partial charge in [0, 0.05) is 17.8 Å². The number of benzene rings is 2. The fourth-order valence-electron chi connectivity index (χ4n) is 2.37. The Labute approximate surface area is 190 Å². The van der Waals surface area contributed by atoms with Gasteiger partial charge < -0.3 is 16.0 Å². The number of hydrogen-bond acceptors (Lipinski definition) is 2. The van der Waals surface area contributed by atoms with Crippen LogP contribution in [0.2, 0.25) is 0 Å². The fraction of sp³-hybridized carbons (Fsp3) is 0.238. The minimum atomic E-state index is -4.37. The third-order valence-electron chi connectivity index (χ3n) is 3.77. The summed E-state index contributed by atoms with van der Waals surface area (Å²) in [6.45, 7) is 2.55. The van der Waals surface area contributed by atoms with E-state index in [-0.39, 0.29) is 43.0 Å². The Morgan fingerprint density at radius 1 is 1.13 bits per heavy atom. The minimum absolute atomic E-state index is 0. The monoisotopic (exact) mass is 530 g/mol. The van der Waals surface area contributed by atoms with Crippen molar-refractivity contribution in [3.63, 3.8) is 0 Å². The van der Waals surface area contributed by atoms with E-state index in [0.29, 0.717) is 29.3 Å². The summed E-state index contributed by atoms with van der Waals surface area (Å²) in [5, 5.41) is 8.58. The predicted molar refractivity (Wildman–Crippen MR) is 123 cm³/mol. The highest BCUT2D eigenvalue weighted by molar-refractivity contribution is 14.0. The first kappa shape index (κ1) is 25.3. The number of carbonyl (C=O) groups excluding carboxylic acids is 1. The molecule has 0 radical (unpaired) electrons. The van der Waals surface area contributed by atoms with Crippen molar-refractivity contribution in [2.24, 2.45) is 4.99 Å². The molecule has 9 heteroatoms. The highest BCUT2D eigenvalue weighted by Gasteiger charge is 2.29. The van der Waals surface area contributed by atoms with Gasteiger partial charge in [-0.2, -0.15) is 13.2 Å². The average Bonchev–Trinajstić information content (AvgIpc) is 2.70. The molecule has 0 unspecified atom stereocenters. The average molecular weight is 530 g/mol. The number of terminal acetylenes is 1. The van der Waals surface area contributed by atoms with E-state index in [1.165, 1.54) is 12.1 Å². The first-order chi connectivity index (χ1) is 13.8. The number of carbonyl (C=O) groups is 1. The van der Waals surface area contributed by atoms with Gasteiger partial charge in [0.2, 0.25) is 5.91 Å². The molecule has 0 fully saturated rings. The lowest BCUT2D eigenvalue weighted by atomic mass is 10.1. The van der Waals surface area contributed by atoms with Gasteiger partial charge >= 0.3 is 6.18 Å². The van der Waals surface area contributed by atoms with Crippen LogP contribution in [0.15, 0.2) is 53.5 Å². The highest BCUT2D eigenvalue weighted by atomic mass is 127. The molecule has 0 heterocycles. The van der Waals surface area contributed by atoms with Crippen LogP contribution in [0.3, 0.4) is 0 Å². The van der Waals surface area contributed by atoms with Gasteiger partial charge in [0.1, 0.15) is 0 Å². The largest absolute Gasteiger partial charge is 0.416 e. The number of nitrogens with one attached hydrogen (secondary N) is 3. The summed E-state index contributed by atoms with van der Waals surface area (Å²) in [5.74, 6) is 2.58. The summed E-state index contributed by atoms with van der Waals surface area (Å²) >= 11 is 0. The van der Waals surface area contributed by atoms with Crippen molar-refractivity contribution >= 4 is 41.5 Å². The SMILES string of the molecule is C#Cc1cccc(NC(=O)CNC(=NCc2ccc(C(F)(F)F)cc2)NCC)c1.I. The Kier molecular flexibility index (Phi) is 10.2. The second-order valence-corrected chi connectivity index (χ2v) is 6.02. The summed E-state index contributed by atoms with van der Waals surface area (Å²) < 4.78 is 37.8. The van der Waals surface area contributed by atoms with Crippen LogP contribution < -0.4 is 16.0 Å². The third-order valence-corrected chi connectivity index (χ3v) is 3.77. The van der Waals surface area contributed by atoms with Crippen LogP contribution >= 0.6 is 24.0 Å². The molecule has 2 aromatic rings. The van der Waals surface area contributed by atoms with E-state index in [1.807, 2.05) is 6.92 Å². The van der Waals surface area contributed by atoms with Crippen molar-refractivity contribution in [2.75, 3.05) is 18.4 Å². The Bertz CT molecular complexity index is 906. The normalized spacial score (nSPS) is 11.1. The van der Waals surface area contributed by atoms with Crippen LogP contribution in [0, 0.1) is 12.3 Å². The van der Waals surface area contributed by atoms with Crippen molar-refractivity contribution < 1.29 is 18.0 Å². The molecular formula is C21H22F3IN4O. The Balaban J connectivity index is 0.00000450. The number of rotatable bonds is 6. The van der Waals surface area contributed by atoms with Crippen LogP contribution in [-0.2, 0) is 17.5 Å². The number of aliphatic imine (C=N–C) groups is 1. The summed E-state index contributed by atoms with van der Waals surface area (Å²) in [5.41, 5.74) is 1.15. The topological polar surface area (TPSA) is 65.5 Å². The Morgan fingerprint density at radius 3 is 2.43 bits per heavy atom. The molecule has 0 aliphatic carbocycles. The lowest BCUT2D eigenvalue weighted by molar-refractivity contribution is -0.137. The van der Waals surface area contributed by atoms with Crippen molar-refractivity contribution in [1.29, 1.82) is 0 Å². The van der Waals surface area contributed by atoms with Crippen LogP contribution in [0.4, 0.5) is 18.9 Å². The molecule has 5 nitrogen and oxygen atoms in total. The van der Waals surface area contributed by atoms with E-state index in [0.717, 1.165) is 12.1 Å². The molecule has 0 bridgehead atoms. The molecule has 2 aromatic carbocycles. The van der Waals surface area contributed by atoms with Gasteiger partial charge in [0.05, 0.1) is 18.7 Å². The molecular weight excluding hydrogens is 508 g/mol. The second kappa shape index (κ2) is 12.1. The number of hydrogen-bond donors (Lipinski definition) is 3. The summed E-state index contributed by atoms with van der Waals surface area (Å²) in [4.78, 5) is 16.4. The van der Waals surface area contributed by atoms with Gasteiger partial charge in [-0.3, -0.25) is 4.79 Å². The molecule has 30 heavy (non-hydrogen) atoms.